The molecule has 0 radical (unpaired) electrons. The number of carbonyl (C=O) groups excluding carboxylic acids is 2. The molecule has 3 N–H and O–H groups in total. The third-order valence-corrected chi connectivity index (χ3v) is 4.41. The fraction of sp³-hybridized carbons (Fsp3) is 0.263. The molecule has 0 aliphatic heterocycles. The summed E-state index contributed by atoms with van der Waals surface area (Å²) in [4.78, 5) is 23.9. The highest BCUT2D eigenvalue weighted by atomic mass is 19.4. The second-order valence-corrected chi connectivity index (χ2v) is 6.47. The van der Waals surface area contributed by atoms with Gasteiger partial charge in [0.2, 0.25) is 5.91 Å². The van der Waals surface area contributed by atoms with Crippen LogP contribution >= 0.6 is 0 Å². The van der Waals surface area contributed by atoms with Crippen molar-refractivity contribution in [2.45, 2.75) is 25.4 Å². The fourth-order valence-electron chi connectivity index (χ4n) is 2.87. The van der Waals surface area contributed by atoms with E-state index in [0.29, 0.717) is 6.42 Å². The van der Waals surface area contributed by atoms with Gasteiger partial charge in [-0.3, -0.25) is 10.2 Å². The Morgan fingerprint density at radius 1 is 1.00 bits per heavy atom. The molecule has 0 bridgehead atoms. The zero-order valence-corrected chi connectivity index (χ0v) is 14.4. The number of para-hydroxylation sites is 1. The molecule has 1 aliphatic rings. The van der Waals surface area contributed by atoms with E-state index >= 15 is 0 Å². The first-order chi connectivity index (χ1) is 12.8. The zero-order chi connectivity index (χ0) is 19.6. The van der Waals surface area contributed by atoms with Gasteiger partial charge < -0.3 is 5.32 Å². The van der Waals surface area contributed by atoms with Crippen LogP contribution in [0.3, 0.4) is 0 Å². The van der Waals surface area contributed by atoms with Crippen LogP contribution in [0.5, 0.6) is 0 Å². The van der Waals surface area contributed by atoms with Gasteiger partial charge in [-0.25, -0.2) is 10.2 Å². The van der Waals surface area contributed by atoms with Crippen LogP contribution in [0.4, 0.5) is 23.7 Å². The van der Waals surface area contributed by atoms with Gasteiger partial charge in [0.15, 0.2) is 0 Å². The molecule has 0 saturated heterocycles. The van der Waals surface area contributed by atoms with Gasteiger partial charge in [0.05, 0.1) is 11.3 Å². The SMILES string of the molecule is Cc1ccc([C@@H]2C[C@@H]2C(=O)NNC(=O)Nc2ccccc2C(F)(F)F)cc1. The number of amides is 3. The number of nitrogens with one attached hydrogen (secondary N) is 3. The molecule has 1 saturated carbocycles. The van der Waals surface area contributed by atoms with E-state index < -0.39 is 17.8 Å². The molecule has 142 valence electrons. The lowest BCUT2D eigenvalue weighted by molar-refractivity contribution is -0.137. The van der Waals surface area contributed by atoms with Crippen LogP contribution < -0.4 is 16.2 Å². The highest BCUT2D eigenvalue weighted by Crippen LogP contribution is 2.47. The molecule has 3 amide bonds. The van der Waals surface area contributed by atoms with E-state index in [2.05, 4.69) is 16.2 Å². The van der Waals surface area contributed by atoms with E-state index in [4.69, 9.17) is 0 Å². The van der Waals surface area contributed by atoms with Gasteiger partial charge in [0.1, 0.15) is 0 Å². The van der Waals surface area contributed by atoms with Crippen LogP contribution in [0.15, 0.2) is 48.5 Å². The maximum absolute atomic E-state index is 12.9. The highest BCUT2D eigenvalue weighted by molar-refractivity contribution is 5.92. The van der Waals surface area contributed by atoms with Crippen molar-refractivity contribution >= 4 is 17.6 Å². The minimum atomic E-state index is -4.59. The minimum Gasteiger partial charge on any atom is -0.306 e. The Balaban J connectivity index is 1.52. The predicted octanol–water partition coefficient (Wildman–Crippen LogP) is 3.97. The molecule has 0 unspecified atom stereocenters. The summed E-state index contributed by atoms with van der Waals surface area (Å²) >= 11 is 0. The molecule has 8 heteroatoms. The van der Waals surface area contributed by atoms with Crippen molar-refractivity contribution in [1.29, 1.82) is 0 Å². The molecular formula is C19H18F3N3O2. The summed E-state index contributed by atoms with van der Waals surface area (Å²) in [6.07, 6.45) is -3.93. The van der Waals surface area contributed by atoms with Crippen LogP contribution in [0.1, 0.15) is 29.0 Å². The number of halogens is 3. The largest absolute Gasteiger partial charge is 0.418 e. The lowest BCUT2D eigenvalue weighted by atomic mass is 10.1. The number of aryl methyl sites for hydroxylation is 1. The molecule has 5 nitrogen and oxygen atoms in total. The summed E-state index contributed by atoms with van der Waals surface area (Å²) in [5.74, 6) is -0.559. The van der Waals surface area contributed by atoms with E-state index in [1.54, 1.807) is 0 Å². The average Bonchev–Trinajstić information content (AvgIpc) is 3.41. The number of urea groups is 1. The Labute approximate surface area is 153 Å². The van der Waals surface area contributed by atoms with Gasteiger partial charge in [-0.2, -0.15) is 13.2 Å². The Morgan fingerprint density at radius 3 is 2.33 bits per heavy atom. The van der Waals surface area contributed by atoms with E-state index in [9.17, 15) is 22.8 Å². The topological polar surface area (TPSA) is 70.2 Å². The molecule has 2 aromatic rings. The van der Waals surface area contributed by atoms with Gasteiger partial charge in [-0.15, -0.1) is 0 Å². The summed E-state index contributed by atoms with van der Waals surface area (Å²) in [6, 6.07) is 11.5. The van der Waals surface area contributed by atoms with Crippen LogP contribution in [-0.4, -0.2) is 11.9 Å². The van der Waals surface area contributed by atoms with Crippen LogP contribution in [0, 0.1) is 12.8 Å². The summed E-state index contributed by atoms with van der Waals surface area (Å²) < 4.78 is 38.7. The number of alkyl halides is 3. The van der Waals surface area contributed by atoms with Crippen LogP contribution in [0.2, 0.25) is 0 Å². The van der Waals surface area contributed by atoms with Crippen LogP contribution in [0.25, 0.3) is 0 Å². The van der Waals surface area contributed by atoms with E-state index in [1.165, 1.54) is 12.1 Å². The van der Waals surface area contributed by atoms with Crippen molar-refractivity contribution in [3.8, 4) is 0 Å². The lowest BCUT2D eigenvalue weighted by Crippen LogP contribution is -2.44. The summed E-state index contributed by atoms with van der Waals surface area (Å²) in [6.45, 7) is 1.97. The van der Waals surface area contributed by atoms with Gasteiger partial charge in [0, 0.05) is 5.92 Å². The molecule has 0 heterocycles. The van der Waals surface area contributed by atoms with E-state index in [0.717, 1.165) is 23.3 Å². The van der Waals surface area contributed by atoms with Crippen molar-refractivity contribution in [3.63, 3.8) is 0 Å². The third-order valence-electron chi connectivity index (χ3n) is 4.41. The number of anilines is 1. The number of rotatable bonds is 3. The van der Waals surface area contributed by atoms with E-state index in [-0.39, 0.29) is 23.4 Å². The fourth-order valence-corrected chi connectivity index (χ4v) is 2.87. The molecule has 0 spiro atoms. The van der Waals surface area contributed by atoms with Gasteiger partial charge in [-0.1, -0.05) is 42.0 Å². The summed E-state index contributed by atoms with van der Waals surface area (Å²) in [7, 11) is 0. The minimum absolute atomic E-state index is 0.0846. The quantitative estimate of drug-likeness (QED) is 0.709. The summed E-state index contributed by atoms with van der Waals surface area (Å²) in [5.41, 5.74) is 5.16. The molecule has 1 fully saturated rings. The van der Waals surface area contributed by atoms with Crippen LogP contribution in [-0.2, 0) is 11.0 Å². The molecule has 27 heavy (non-hydrogen) atoms. The predicted molar refractivity (Wildman–Crippen MR) is 93.8 cm³/mol. The monoisotopic (exact) mass is 377 g/mol. The summed E-state index contributed by atoms with van der Waals surface area (Å²) in [5, 5.41) is 2.10. The first-order valence-electron chi connectivity index (χ1n) is 8.35. The Morgan fingerprint density at radius 2 is 1.67 bits per heavy atom. The molecule has 2 atom stereocenters. The van der Waals surface area contributed by atoms with Crippen molar-refractivity contribution in [1.82, 2.24) is 10.9 Å². The third kappa shape index (κ3) is 4.58. The highest BCUT2D eigenvalue weighted by Gasteiger charge is 2.44. The Bertz CT molecular complexity index is 850. The second kappa shape index (κ2) is 7.30. The Kier molecular flexibility index (Phi) is 5.07. The standard InChI is InChI=1S/C19H18F3N3O2/c1-11-6-8-12(9-7-11)13-10-14(13)17(26)24-25-18(27)23-16-5-3-2-4-15(16)19(20,21)22/h2-9,13-14H,10H2,1H3,(H,24,26)(H2,23,25,27)/t13-,14-/m0/s1. The maximum Gasteiger partial charge on any atom is 0.418 e. The zero-order valence-electron chi connectivity index (χ0n) is 14.4. The first kappa shape index (κ1) is 18.8. The van der Waals surface area contributed by atoms with Crippen molar-refractivity contribution in [2.75, 3.05) is 5.32 Å². The number of hydrazine groups is 1. The Hall–Kier alpha value is -3.03. The number of hydrogen-bond acceptors (Lipinski definition) is 2. The number of hydrogen-bond donors (Lipinski definition) is 3. The number of carbonyl (C=O) groups is 2. The smallest absolute Gasteiger partial charge is 0.306 e. The molecule has 2 aromatic carbocycles. The van der Waals surface area contributed by atoms with Gasteiger partial charge >= 0.3 is 12.2 Å². The maximum atomic E-state index is 12.9. The molecular weight excluding hydrogens is 359 g/mol. The first-order valence-corrected chi connectivity index (χ1v) is 8.35. The second-order valence-electron chi connectivity index (χ2n) is 6.47. The number of benzene rings is 2. The molecule has 1 aliphatic carbocycles. The lowest BCUT2D eigenvalue weighted by Gasteiger charge is -2.14. The van der Waals surface area contributed by atoms with Gasteiger partial charge in [0.25, 0.3) is 0 Å². The van der Waals surface area contributed by atoms with E-state index in [1.807, 2.05) is 31.2 Å². The van der Waals surface area contributed by atoms with Crippen molar-refractivity contribution in [2.24, 2.45) is 5.92 Å². The molecule has 0 aromatic heterocycles. The van der Waals surface area contributed by atoms with Crippen molar-refractivity contribution < 1.29 is 22.8 Å². The normalized spacial score (nSPS) is 18.5. The molecule has 3 rings (SSSR count). The van der Waals surface area contributed by atoms with Gasteiger partial charge in [-0.05, 0) is 37.0 Å². The average molecular weight is 377 g/mol. The van der Waals surface area contributed by atoms with Crippen molar-refractivity contribution in [3.05, 3.63) is 65.2 Å².